The Morgan fingerprint density at radius 3 is 2.66 bits per heavy atom. The average Bonchev–Trinajstić information content (AvgIpc) is 2.88. The Hall–Kier alpha value is -2.44. The van der Waals surface area contributed by atoms with Crippen LogP contribution < -0.4 is 10.6 Å². The molecule has 1 unspecified atom stereocenters. The molecule has 0 aliphatic carbocycles. The molecule has 0 amide bonds. The van der Waals surface area contributed by atoms with Crippen molar-refractivity contribution in [2.75, 3.05) is 25.5 Å². The SMILES string of the molecule is CNc1nc2cccc(Cl)c2n1C1CCCCNC1.Cc1cc(C=O)cc(C)n1. The minimum absolute atomic E-state index is 0.412. The average molecular weight is 414 g/mol. The van der Waals surface area contributed by atoms with E-state index in [9.17, 15) is 4.79 Å². The highest BCUT2D eigenvalue weighted by Crippen LogP contribution is 2.32. The fraction of sp³-hybridized carbons (Fsp3) is 0.409. The van der Waals surface area contributed by atoms with E-state index >= 15 is 0 Å². The van der Waals surface area contributed by atoms with Crippen molar-refractivity contribution in [2.24, 2.45) is 0 Å². The molecular formula is C22H28ClN5O. The van der Waals surface area contributed by atoms with Crippen molar-refractivity contribution in [2.45, 2.75) is 39.2 Å². The Kier molecular flexibility index (Phi) is 7.23. The van der Waals surface area contributed by atoms with Crippen LogP contribution in [0.1, 0.15) is 47.1 Å². The molecule has 1 aliphatic rings. The molecule has 1 fully saturated rings. The number of nitrogens with zero attached hydrogens (tertiary/aromatic N) is 3. The van der Waals surface area contributed by atoms with E-state index in [0.29, 0.717) is 11.6 Å². The summed E-state index contributed by atoms with van der Waals surface area (Å²) in [6, 6.07) is 9.84. The number of imidazole rings is 1. The number of rotatable bonds is 3. The van der Waals surface area contributed by atoms with Crippen LogP contribution in [0.2, 0.25) is 5.02 Å². The van der Waals surface area contributed by atoms with Crippen molar-refractivity contribution in [3.05, 3.63) is 52.3 Å². The van der Waals surface area contributed by atoms with Gasteiger partial charge < -0.3 is 15.2 Å². The van der Waals surface area contributed by atoms with E-state index in [1.54, 1.807) is 12.1 Å². The summed E-state index contributed by atoms with van der Waals surface area (Å²) < 4.78 is 2.26. The Morgan fingerprint density at radius 2 is 1.97 bits per heavy atom. The van der Waals surface area contributed by atoms with Gasteiger partial charge in [-0.3, -0.25) is 9.78 Å². The largest absolute Gasteiger partial charge is 0.359 e. The highest BCUT2D eigenvalue weighted by molar-refractivity contribution is 6.35. The molecule has 0 spiro atoms. The number of benzene rings is 1. The molecular weight excluding hydrogens is 386 g/mol. The number of hydrogen-bond donors (Lipinski definition) is 2. The maximum Gasteiger partial charge on any atom is 0.203 e. The van der Waals surface area contributed by atoms with Gasteiger partial charge >= 0.3 is 0 Å². The topological polar surface area (TPSA) is 71.8 Å². The number of hydrogen-bond acceptors (Lipinski definition) is 5. The first-order valence-electron chi connectivity index (χ1n) is 9.99. The Labute approximate surface area is 176 Å². The molecule has 0 bridgehead atoms. The van der Waals surface area contributed by atoms with Crippen molar-refractivity contribution in [1.29, 1.82) is 0 Å². The van der Waals surface area contributed by atoms with Crippen molar-refractivity contribution >= 4 is 34.9 Å². The van der Waals surface area contributed by atoms with E-state index in [-0.39, 0.29) is 0 Å². The minimum atomic E-state index is 0.412. The monoisotopic (exact) mass is 413 g/mol. The van der Waals surface area contributed by atoms with Crippen LogP contribution in [0, 0.1) is 13.8 Å². The Morgan fingerprint density at radius 1 is 1.21 bits per heavy atom. The zero-order chi connectivity index (χ0) is 20.8. The van der Waals surface area contributed by atoms with Crippen molar-refractivity contribution in [3.8, 4) is 0 Å². The van der Waals surface area contributed by atoms with Crippen LogP contribution >= 0.6 is 11.6 Å². The number of para-hydroxylation sites is 1. The predicted molar refractivity (Wildman–Crippen MR) is 119 cm³/mol. The molecule has 29 heavy (non-hydrogen) atoms. The number of aldehydes is 1. The standard InChI is InChI=1S/C14H19ClN4.C8H9NO/c1-16-14-18-12-7-4-6-11(15)13(12)19(14)10-5-2-3-8-17-9-10;1-6-3-8(5-10)4-7(2)9-6/h4,6-7,10,17H,2-3,5,8-9H2,1H3,(H,16,18);3-5H,1-2H3. The van der Waals surface area contributed by atoms with Gasteiger partial charge in [-0.05, 0) is 57.5 Å². The summed E-state index contributed by atoms with van der Waals surface area (Å²) in [6.45, 7) is 5.83. The predicted octanol–water partition coefficient (Wildman–Crippen LogP) is 4.56. The van der Waals surface area contributed by atoms with Crippen LogP contribution in [0.3, 0.4) is 0 Å². The molecule has 2 aromatic heterocycles. The van der Waals surface area contributed by atoms with E-state index < -0.39 is 0 Å². The normalized spacial score (nSPS) is 16.6. The van der Waals surface area contributed by atoms with Crippen LogP contribution in [-0.4, -0.2) is 41.0 Å². The van der Waals surface area contributed by atoms with Crippen LogP contribution in [0.25, 0.3) is 11.0 Å². The molecule has 6 nitrogen and oxygen atoms in total. The van der Waals surface area contributed by atoms with E-state index in [2.05, 4.69) is 25.2 Å². The summed E-state index contributed by atoms with van der Waals surface area (Å²) in [5.41, 5.74) is 4.48. The second-order valence-electron chi connectivity index (χ2n) is 7.32. The van der Waals surface area contributed by atoms with E-state index in [1.165, 1.54) is 19.3 Å². The van der Waals surface area contributed by atoms with E-state index in [1.807, 2.05) is 39.1 Å². The van der Waals surface area contributed by atoms with E-state index in [4.69, 9.17) is 11.6 Å². The first-order chi connectivity index (χ1) is 14.0. The maximum atomic E-state index is 10.3. The molecule has 1 aromatic carbocycles. The van der Waals surface area contributed by atoms with Gasteiger partial charge in [0.1, 0.15) is 6.29 Å². The second-order valence-corrected chi connectivity index (χ2v) is 7.73. The minimum Gasteiger partial charge on any atom is -0.359 e. The third kappa shape index (κ3) is 5.14. The van der Waals surface area contributed by atoms with Crippen molar-refractivity contribution < 1.29 is 4.79 Å². The number of nitrogens with one attached hydrogen (secondary N) is 2. The number of aryl methyl sites for hydroxylation is 2. The number of carbonyl (C=O) groups is 1. The summed E-state index contributed by atoms with van der Waals surface area (Å²) >= 11 is 6.38. The number of fused-ring (bicyclic) bond motifs is 1. The lowest BCUT2D eigenvalue weighted by Gasteiger charge is -2.20. The molecule has 4 rings (SSSR count). The molecule has 2 N–H and O–H groups in total. The van der Waals surface area contributed by atoms with Gasteiger partial charge in [-0.2, -0.15) is 0 Å². The van der Waals surface area contributed by atoms with Gasteiger partial charge in [-0.25, -0.2) is 4.98 Å². The van der Waals surface area contributed by atoms with Crippen molar-refractivity contribution in [3.63, 3.8) is 0 Å². The Bertz CT molecular complexity index is 956. The second kappa shape index (κ2) is 9.85. The summed E-state index contributed by atoms with van der Waals surface area (Å²) in [4.78, 5) is 19.0. The van der Waals surface area contributed by atoms with Crippen LogP contribution in [-0.2, 0) is 0 Å². The fourth-order valence-corrected chi connectivity index (χ4v) is 4.05. The van der Waals surface area contributed by atoms with Gasteiger partial charge in [0.25, 0.3) is 0 Å². The zero-order valence-electron chi connectivity index (χ0n) is 17.2. The Balaban J connectivity index is 0.000000204. The lowest BCUT2D eigenvalue weighted by atomic mass is 10.1. The molecule has 1 atom stereocenters. The van der Waals surface area contributed by atoms with Gasteiger partial charge in [0.2, 0.25) is 5.95 Å². The number of carbonyl (C=O) groups excluding carboxylic acids is 1. The number of pyridine rings is 1. The summed E-state index contributed by atoms with van der Waals surface area (Å²) in [6.07, 6.45) is 4.48. The van der Waals surface area contributed by atoms with Crippen molar-refractivity contribution in [1.82, 2.24) is 19.9 Å². The smallest absolute Gasteiger partial charge is 0.203 e. The molecule has 3 heterocycles. The van der Waals surface area contributed by atoms with Gasteiger partial charge in [-0.15, -0.1) is 0 Å². The quantitative estimate of drug-likeness (QED) is 0.616. The number of halogens is 1. The fourth-order valence-electron chi connectivity index (χ4n) is 3.79. The first kappa shape index (κ1) is 21.3. The molecule has 154 valence electrons. The summed E-state index contributed by atoms with van der Waals surface area (Å²) in [5, 5.41) is 7.47. The van der Waals surface area contributed by atoms with Gasteiger partial charge in [0.05, 0.1) is 16.1 Å². The first-order valence-corrected chi connectivity index (χ1v) is 10.4. The highest BCUT2D eigenvalue weighted by atomic mass is 35.5. The van der Waals surface area contributed by atoms with E-state index in [0.717, 1.165) is 52.8 Å². The van der Waals surface area contributed by atoms with Gasteiger partial charge in [-0.1, -0.05) is 24.1 Å². The molecule has 1 aliphatic heterocycles. The number of aromatic nitrogens is 3. The van der Waals surface area contributed by atoms with Gasteiger partial charge in [0.15, 0.2) is 0 Å². The van der Waals surface area contributed by atoms with Crippen LogP contribution in [0.15, 0.2) is 30.3 Å². The number of anilines is 1. The third-order valence-electron chi connectivity index (χ3n) is 5.01. The lowest BCUT2D eigenvalue weighted by molar-refractivity contribution is 0.112. The lowest BCUT2D eigenvalue weighted by Crippen LogP contribution is -2.24. The summed E-state index contributed by atoms with van der Waals surface area (Å²) in [7, 11) is 1.91. The zero-order valence-corrected chi connectivity index (χ0v) is 18.0. The molecule has 7 heteroatoms. The van der Waals surface area contributed by atoms with Crippen LogP contribution in [0.4, 0.5) is 5.95 Å². The van der Waals surface area contributed by atoms with Gasteiger partial charge in [0, 0.05) is 36.6 Å². The molecule has 0 saturated carbocycles. The molecule has 1 saturated heterocycles. The highest BCUT2D eigenvalue weighted by Gasteiger charge is 2.21. The van der Waals surface area contributed by atoms with Crippen LogP contribution in [0.5, 0.6) is 0 Å². The molecule has 0 radical (unpaired) electrons. The summed E-state index contributed by atoms with van der Waals surface area (Å²) in [5.74, 6) is 0.900. The third-order valence-corrected chi connectivity index (χ3v) is 5.32. The maximum absolute atomic E-state index is 10.3. The molecule has 3 aromatic rings.